The van der Waals surface area contributed by atoms with Gasteiger partial charge in [0.1, 0.15) is 6.10 Å². The summed E-state index contributed by atoms with van der Waals surface area (Å²) in [6.45, 7) is 11.3. The fraction of sp³-hybridized carbons (Fsp3) is 0.478. The summed E-state index contributed by atoms with van der Waals surface area (Å²) < 4.78 is 0. The average Bonchev–Trinajstić information content (AvgIpc) is 2.76. The summed E-state index contributed by atoms with van der Waals surface area (Å²) in [5, 5.41) is 2.23. The van der Waals surface area contributed by atoms with E-state index in [1.165, 1.54) is 29.5 Å². The van der Waals surface area contributed by atoms with Crippen LogP contribution in [0.25, 0.3) is 0 Å². The van der Waals surface area contributed by atoms with E-state index in [9.17, 15) is 0 Å². The molecule has 0 radical (unpaired) electrons. The van der Waals surface area contributed by atoms with Crippen LogP contribution < -0.4 is 0 Å². The topological polar surface area (TPSA) is 12.5 Å². The summed E-state index contributed by atoms with van der Waals surface area (Å²) in [5.41, 5.74) is 3.68. The van der Waals surface area contributed by atoms with Crippen LogP contribution in [0.1, 0.15) is 76.7 Å². The first-order valence-corrected chi connectivity index (χ1v) is 9.51. The Bertz CT molecular complexity index is 670. The van der Waals surface area contributed by atoms with E-state index in [4.69, 9.17) is 4.84 Å². The molecule has 2 aromatic rings. The minimum atomic E-state index is -0.153. The van der Waals surface area contributed by atoms with E-state index in [1.807, 2.05) is 0 Å². The van der Waals surface area contributed by atoms with Gasteiger partial charge in [-0.3, -0.25) is 4.84 Å². The molecule has 0 saturated heterocycles. The first kappa shape index (κ1) is 18.2. The minimum Gasteiger partial charge on any atom is -0.289 e. The molecule has 0 spiro atoms. The van der Waals surface area contributed by atoms with Crippen molar-refractivity contribution in [3.63, 3.8) is 0 Å². The summed E-state index contributed by atoms with van der Waals surface area (Å²) in [7, 11) is 0. The maximum atomic E-state index is 6.75. The molecule has 0 bridgehead atoms. The van der Waals surface area contributed by atoms with Crippen molar-refractivity contribution in [3.8, 4) is 0 Å². The van der Waals surface area contributed by atoms with Crippen molar-refractivity contribution >= 4 is 0 Å². The monoisotopic (exact) mass is 337 g/mol. The Morgan fingerprint density at radius 3 is 1.88 bits per heavy atom. The van der Waals surface area contributed by atoms with Crippen LogP contribution in [0.4, 0.5) is 0 Å². The highest BCUT2D eigenvalue weighted by atomic mass is 16.7. The van der Waals surface area contributed by atoms with Crippen molar-refractivity contribution in [2.24, 2.45) is 0 Å². The molecule has 2 nitrogen and oxygen atoms in total. The Balaban J connectivity index is 1.94. The van der Waals surface area contributed by atoms with Gasteiger partial charge in [-0.05, 0) is 50.8 Å². The van der Waals surface area contributed by atoms with Gasteiger partial charge >= 0.3 is 0 Å². The molecule has 1 aliphatic rings. The molecule has 0 saturated carbocycles. The number of benzene rings is 2. The highest BCUT2D eigenvalue weighted by molar-refractivity contribution is 5.42. The minimum absolute atomic E-state index is 0.0917. The normalized spacial score (nSPS) is 19.6. The average molecular weight is 338 g/mol. The largest absolute Gasteiger partial charge is 0.289 e. The third-order valence-corrected chi connectivity index (χ3v) is 5.48. The van der Waals surface area contributed by atoms with E-state index in [1.54, 1.807) is 0 Å². The molecule has 2 aromatic carbocycles. The second-order valence-corrected chi connectivity index (χ2v) is 8.10. The van der Waals surface area contributed by atoms with Crippen molar-refractivity contribution in [2.75, 3.05) is 0 Å². The highest BCUT2D eigenvalue weighted by Gasteiger charge is 2.50. The van der Waals surface area contributed by atoms with E-state index in [0.717, 1.165) is 6.42 Å². The van der Waals surface area contributed by atoms with Crippen LogP contribution in [0.2, 0.25) is 0 Å². The zero-order valence-corrected chi connectivity index (χ0v) is 16.3. The quantitative estimate of drug-likeness (QED) is 0.610. The number of fused-ring (bicyclic) bond motifs is 1. The maximum Gasteiger partial charge on any atom is 0.104 e. The molecule has 0 amide bonds. The Labute approximate surface area is 152 Å². The molecule has 1 aliphatic heterocycles. The molecule has 134 valence electrons. The van der Waals surface area contributed by atoms with Gasteiger partial charge in [0.15, 0.2) is 0 Å². The third-order valence-electron chi connectivity index (χ3n) is 5.48. The second kappa shape index (κ2) is 6.93. The lowest BCUT2D eigenvalue weighted by Gasteiger charge is -2.42. The van der Waals surface area contributed by atoms with E-state index < -0.39 is 0 Å². The third kappa shape index (κ3) is 3.26. The van der Waals surface area contributed by atoms with Crippen molar-refractivity contribution in [3.05, 3.63) is 71.3 Å². The van der Waals surface area contributed by atoms with Gasteiger partial charge in [0.25, 0.3) is 0 Å². The molecular formula is C23H31NO. The summed E-state index contributed by atoms with van der Waals surface area (Å²) in [6, 6.07) is 19.4. The van der Waals surface area contributed by atoms with Gasteiger partial charge in [-0.2, -0.15) is 5.06 Å². The van der Waals surface area contributed by atoms with Crippen molar-refractivity contribution in [1.82, 2.24) is 5.06 Å². The summed E-state index contributed by atoms with van der Waals surface area (Å²) in [5.74, 6) is 0. The molecule has 0 aliphatic carbocycles. The zero-order valence-electron chi connectivity index (χ0n) is 16.3. The maximum absolute atomic E-state index is 6.75. The van der Waals surface area contributed by atoms with Gasteiger partial charge in [0.2, 0.25) is 0 Å². The van der Waals surface area contributed by atoms with Crippen LogP contribution in [0.3, 0.4) is 0 Å². The van der Waals surface area contributed by atoms with Crippen molar-refractivity contribution in [2.45, 2.75) is 71.1 Å². The Morgan fingerprint density at radius 1 is 0.840 bits per heavy atom. The number of unbranched alkanes of at least 4 members (excludes halogenated alkanes) is 1. The van der Waals surface area contributed by atoms with E-state index in [-0.39, 0.29) is 17.2 Å². The summed E-state index contributed by atoms with van der Waals surface area (Å²) >= 11 is 0. The fourth-order valence-electron chi connectivity index (χ4n) is 4.20. The molecule has 0 fully saturated rings. The molecule has 25 heavy (non-hydrogen) atoms. The van der Waals surface area contributed by atoms with Gasteiger partial charge in [-0.1, -0.05) is 74.4 Å². The first-order valence-electron chi connectivity index (χ1n) is 9.51. The van der Waals surface area contributed by atoms with E-state index in [2.05, 4.69) is 94.3 Å². The predicted octanol–water partition coefficient (Wildman–Crippen LogP) is 6.34. The Morgan fingerprint density at radius 2 is 1.36 bits per heavy atom. The number of hydrogen-bond donors (Lipinski definition) is 0. The van der Waals surface area contributed by atoms with Crippen LogP contribution in [-0.4, -0.2) is 5.06 Å². The summed E-state index contributed by atoms with van der Waals surface area (Å²) in [4.78, 5) is 6.75. The predicted molar refractivity (Wildman–Crippen MR) is 104 cm³/mol. The molecular weight excluding hydrogens is 306 g/mol. The molecule has 2 heteroatoms. The van der Waals surface area contributed by atoms with Gasteiger partial charge in [-0.25, -0.2) is 0 Å². The van der Waals surface area contributed by atoms with Crippen LogP contribution >= 0.6 is 0 Å². The Kier molecular flexibility index (Phi) is 5.04. The van der Waals surface area contributed by atoms with Gasteiger partial charge in [-0.15, -0.1) is 0 Å². The molecule has 0 N–H and O–H groups in total. The standard InChI is InChI=1S/C23H31NO/c1-6-7-17-21(18-13-9-8-10-14-18)25-24-22(2,3)19-15-11-12-16-20(19)23(24,4)5/h8-16,21H,6-7,17H2,1-5H3. The van der Waals surface area contributed by atoms with Crippen LogP contribution in [0, 0.1) is 0 Å². The first-order chi connectivity index (χ1) is 11.9. The van der Waals surface area contributed by atoms with Gasteiger partial charge < -0.3 is 0 Å². The number of nitrogens with zero attached hydrogens (tertiary/aromatic N) is 1. The molecule has 3 rings (SSSR count). The zero-order chi connectivity index (χ0) is 18.1. The fourth-order valence-corrected chi connectivity index (χ4v) is 4.20. The lowest BCUT2D eigenvalue weighted by atomic mass is 9.91. The van der Waals surface area contributed by atoms with Crippen LogP contribution in [0.15, 0.2) is 54.6 Å². The van der Waals surface area contributed by atoms with Crippen molar-refractivity contribution < 1.29 is 4.84 Å². The molecule has 0 aromatic heterocycles. The van der Waals surface area contributed by atoms with Crippen molar-refractivity contribution in [1.29, 1.82) is 0 Å². The van der Waals surface area contributed by atoms with E-state index in [0.29, 0.717) is 0 Å². The SMILES string of the molecule is CCCCC(ON1C(C)(C)c2ccccc2C1(C)C)c1ccccc1. The van der Waals surface area contributed by atoms with Crippen LogP contribution in [-0.2, 0) is 15.9 Å². The lowest BCUT2D eigenvalue weighted by molar-refractivity contribution is -0.291. The van der Waals surface area contributed by atoms with E-state index >= 15 is 0 Å². The smallest absolute Gasteiger partial charge is 0.104 e. The summed E-state index contributed by atoms with van der Waals surface area (Å²) in [6.07, 6.45) is 3.48. The number of rotatable bonds is 6. The van der Waals surface area contributed by atoms with Crippen LogP contribution in [0.5, 0.6) is 0 Å². The molecule has 1 heterocycles. The number of hydrogen-bond acceptors (Lipinski definition) is 2. The number of hydroxylamine groups is 2. The lowest BCUT2D eigenvalue weighted by Crippen LogP contribution is -2.46. The van der Waals surface area contributed by atoms with Gasteiger partial charge in [0.05, 0.1) is 11.1 Å². The second-order valence-electron chi connectivity index (χ2n) is 8.10. The molecule has 1 unspecified atom stereocenters. The van der Waals surface area contributed by atoms with Gasteiger partial charge in [0, 0.05) is 0 Å². The Hall–Kier alpha value is -1.64. The highest BCUT2D eigenvalue weighted by Crippen LogP contribution is 2.50. The molecule has 1 atom stereocenters.